The summed E-state index contributed by atoms with van der Waals surface area (Å²) in [5.74, 6) is 1.04. The van der Waals surface area contributed by atoms with E-state index in [0.29, 0.717) is 35.9 Å². The van der Waals surface area contributed by atoms with E-state index in [2.05, 4.69) is 71.8 Å². The van der Waals surface area contributed by atoms with Gasteiger partial charge in [-0.2, -0.15) is 0 Å². The highest BCUT2D eigenvalue weighted by molar-refractivity contribution is 7.73. The Morgan fingerprint density at radius 2 is 1.72 bits per heavy atom. The van der Waals surface area contributed by atoms with Crippen molar-refractivity contribution in [3.8, 4) is 11.3 Å². The topological polar surface area (TPSA) is 92.3 Å². The van der Waals surface area contributed by atoms with Crippen LogP contribution in [0.15, 0.2) is 72.3 Å². The zero-order chi connectivity index (χ0) is 33.1. The van der Waals surface area contributed by atoms with Crippen molar-refractivity contribution in [2.24, 2.45) is 17.3 Å². The monoisotopic (exact) mass is 650 g/mol. The van der Waals surface area contributed by atoms with Gasteiger partial charge in [0.05, 0.1) is 11.4 Å². The molecule has 0 aliphatic heterocycles. The number of hydrogen-bond acceptors (Lipinski definition) is 5. The Labute approximate surface area is 280 Å². The van der Waals surface area contributed by atoms with Crippen LogP contribution in [0.25, 0.3) is 11.3 Å². The van der Waals surface area contributed by atoms with Crippen molar-refractivity contribution in [3.05, 3.63) is 100 Å². The molecule has 3 aromatic rings. The minimum Gasteiger partial charge on any atom is -0.335 e. The van der Waals surface area contributed by atoms with Crippen molar-refractivity contribution in [1.82, 2.24) is 14.9 Å². The molecule has 47 heavy (non-hydrogen) atoms. The summed E-state index contributed by atoms with van der Waals surface area (Å²) in [6.45, 7) is 11.2. The van der Waals surface area contributed by atoms with E-state index in [1.165, 1.54) is 18.4 Å². The molecule has 0 saturated heterocycles. The van der Waals surface area contributed by atoms with E-state index in [1.54, 1.807) is 0 Å². The number of fused-ring (bicyclic) bond motifs is 1. The summed E-state index contributed by atoms with van der Waals surface area (Å²) >= 11 is 0. The predicted molar refractivity (Wildman–Crippen MR) is 188 cm³/mol. The lowest BCUT2D eigenvalue weighted by molar-refractivity contribution is -0.132. The minimum absolute atomic E-state index is 0.0362. The molecule has 3 unspecified atom stereocenters. The maximum absolute atomic E-state index is 14.4. The zero-order valence-electron chi connectivity index (χ0n) is 28.1. The zero-order valence-corrected chi connectivity index (χ0v) is 29.0. The van der Waals surface area contributed by atoms with E-state index in [4.69, 9.17) is 4.98 Å². The van der Waals surface area contributed by atoms with E-state index in [9.17, 15) is 13.2 Å². The van der Waals surface area contributed by atoms with E-state index in [1.807, 2.05) is 44.2 Å². The lowest BCUT2D eigenvalue weighted by atomic mass is 9.75. The van der Waals surface area contributed by atoms with Gasteiger partial charge in [-0.3, -0.25) is 9.52 Å². The second kappa shape index (κ2) is 12.0. The number of aryl methyl sites for hydroxylation is 2. The second-order valence-corrected chi connectivity index (χ2v) is 16.3. The molecule has 0 bridgehead atoms. The fourth-order valence-electron chi connectivity index (χ4n) is 7.69. The first kappa shape index (κ1) is 31.8. The molecular weight excluding hydrogens is 605 g/mol. The summed E-state index contributed by atoms with van der Waals surface area (Å²) < 4.78 is 26.3. The summed E-state index contributed by atoms with van der Waals surface area (Å²) in [5.41, 5.74) is 8.16. The second-order valence-electron chi connectivity index (χ2n) is 15.5. The average molecular weight is 651 g/mol. The lowest BCUT2D eigenvalue weighted by Gasteiger charge is -2.45. The molecule has 3 saturated carbocycles. The number of rotatable bonds is 10. The fourth-order valence-corrected chi connectivity index (χ4v) is 7.96. The van der Waals surface area contributed by atoms with Crippen LogP contribution >= 0.6 is 0 Å². The molecule has 1 spiro atoms. The molecule has 8 heteroatoms. The number of carbonyl (C=O) groups is 1. The standard InChI is InChI=1S/C39H46N4O3S/c1-24-7-6-8-25(2)35(24)34-20-33(40-37(41-34)42-47(45)46)30(17-26-9-13-31(14-10-26)38(3,4)5)23-43(32-21-39(22-32)15-16-39)36(44)28-12-11-27-18-29(27)19-28/h6-14,19-20,27,29-30,32,47H,15-18,21-23H2,1-5H3,(H,40,41,42,45,46). The molecule has 7 rings (SSSR count). The molecule has 4 aliphatic carbocycles. The Balaban J connectivity index is 1.30. The summed E-state index contributed by atoms with van der Waals surface area (Å²) in [6, 6.07) is 17.0. The molecule has 1 amide bonds. The van der Waals surface area contributed by atoms with Gasteiger partial charge in [-0.1, -0.05) is 81.5 Å². The maximum Gasteiger partial charge on any atom is 0.253 e. The summed E-state index contributed by atoms with van der Waals surface area (Å²) in [4.78, 5) is 26.0. The number of allylic oxidation sites excluding steroid dienone is 2. The van der Waals surface area contributed by atoms with Crippen molar-refractivity contribution in [3.63, 3.8) is 0 Å². The van der Waals surface area contributed by atoms with Gasteiger partial charge in [-0.25, -0.2) is 18.4 Å². The summed E-state index contributed by atoms with van der Waals surface area (Å²) in [5, 5.41) is 0. The molecule has 1 N–H and O–H groups in total. The van der Waals surface area contributed by atoms with E-state index >= 15 is 0 Å². The Hall–Kier alpha value is -3.78. The van der Waals surface area contributed by atoms with Crippen LogP contribution < -0.4 is 4.72 Å². The van der Waals surface area contributed by atoms with Crippen LogP contribution in [0.5, 0.6) is 0 Å². The highest BCUT2D eigenvalue weighted by Crippen LogP contribution is 2.62. The quantitative estimate of drug-likeness (QED) is 0.226. The van der Waals surface area contributed by atoms with Gasteiger partial charge in [0.2, 0.25) is 16.8 Å². The van der Waals surface area contributed by atoms with Crippen molar-refractivity contribution in [1.29, 1.82) is 0 Å². The van der Waals surface area contributed by atoms with E-state index in [0.717, 1.165) is 52.8 Å². The summed E-state index contributed by atoms with van der Waals surface area (Å²) in [6.07, 6.45) is 12.8. The number of carbonyl (C=O) groups excluding carboxylic acids is 1. The van der Waals surface area contributed by atoms with Crippen LogP contribution in [-0.2, 0) is 27.5 Å². The van der Waals surface area contributed by atoms with Crippen LogP contribution in [-0.4, -0.2) is 41.8 Å². The number of anilines is 1. The van der Waals surface area contributed by atoms with Crippen molar-refractivity contribution in [2.45, 2.75) is 90.5 Å². The van der Waals surface area contributed by atoms with Crippen LogP contribution in [0, 0.1) is 31.1 Å². The first-order valence-electron chi connectivity index (χ1n) is 17.0. The van der Waals surface area contributed by atoms with E-state index in [-0.39, 0.29) is 29.2 Å². The first-order chi connectivity index (χ1) is 22.4. The third-order valence-corrected chi connectivity index (χ3v) is 11.2. The smallest absolute Gasteiger partial charge is 0.253 e. The van der Waals surface area contributed by atoms with Gasteiger partial charge in [0.1, 0.15) is 0 Å². The van der Waals surface area contributed by atoms with Crippen LogP contribution in [0.1, 0.15) is 86.7 Å². The SMILES string of the molecule is Cc1cccc(C)c1-c1cc(C(Cc2ccc(C(C)(C)C)cc2)CN(C(=O)C2=CC3CC3C=C2)C2CC3(CC3)C2)nc(N[SH](=O)=O)n1. The summed E-state index contributed by atoms with van der Waals surface area (Å²) in [7, 11) is -2.97. The van der Waals surface area contributed by atoms with Gasteiger partial charge in [-0.15, -0.1) is 0 Å². The van der Waals surface area contributed by atoms with Crippen molar-refractivity contribution < 1.29 is 13.2 Å². The minimum atomic E-state index is -2.97. The third-order valence-electron chi connectivity index (χ3n) is 10.9. The highest BCUT2D eigenvalue weighted by atomic mass is 32.2. The average Bonchev–Trinajstić information content (AvgIpc) is 3.92. The molecule has 3 atom stereocenters. The molecule has 0 radical (unpaired) electrons. The third kappa shape index (κ3) is 6.80. The van der Waals surface area contributed by atoms with Gasteiger partial charge in [0, 0.05) is 29.6 Å². The predicted octanol–water partition coefficient (Wildman–Crippen LogP) is 7.23. The Kier molecular flexibility index (Phi) is 8.14. The van der Waals surface area contributed by atoms with Gasteiger partial charge in [-0.05, 0) is 103 Å². The number of benzene rings is 2. The Morgan fingerprint density at radius 1 is 1.02 bits per heavy atom. The molecule has 4 aliphatic rings. The number of thiol groups is 1. The van der Waals surface area contributed by atoms with Gasteiger partial charge >= 0.3 is 0 Å². The highest BCUT2D eigenvalue weighted by Gasteiger charge is 2.55. The molecule has 7 nitrogen and oxygen atoms in total. The van der Waals surface area contributed by atoms with Crippen molar-refractivity contribution >= 4 is 22.7 Å². The Bertz CT molecular complexity index is 1810. The lowest BCUT2D eigenvalue weighted by Crippen LogP contribution is -2.50. The number of aromatic nitrogens is 2. The molecular formula is C39H46N4O3S. The van der Waals surface area contributed by atoms with Gasteiger partial charge < -0.3 is 4.90 Å². The van der Waals surface area contributed by atoms with Crippen LogP contribution in [0.2, 0.25) is 0 Å². The number of nitrogens with zero attached hydrogens (tertiary/aromatic N) is 3. The number of nitrogens with one attached hydrogen (secondary N) is 1. The number of amides is 1. The first-order valence-corrected chi connectivity index (χ1v) is 18.2. The molecule has 1 aromatic heterocycles. The molecule has 3 fully saturated rings. The number of hydrogen-bond donors (Lipinski definition) is 2. The largest absolute Gasteiger partial charge is 0.335 e. The molecule has 246 valence electrons. The molecule has 2 aromatic carbocycles. The normalized spacial score (nSPS) is 21.5. The molecule has 1 heterocycles. The fraction of sp³-hybridized carbons (Fsp3) is 0.462. The maximum atomic E-state index is 14.4. The van der Waals surface area contributed by atoms with Gasteiger partial charge in [0.15, 0.2) is 0 Å². The van der Waals surface area contributed by atoms with Gasteiger partial charge in [0.25, 0.3) is 5.91 Å². The van der Waals surface area contributed by atoms with Crippen LogP contribution in [0.3, 0.4) is 0 Å². The van der Waals surface area contributed by atoms with Crippen LogP contribution in [0.4, 0.5) is 5.95 Å². The Morgan fingerprint density at radius 3 is 2.34 bits per heavy atom. The van der Waals surface area contributed by atoms with Crippen molar-refractivity contribution in [2.75, 3.05) is 11.3 Å². The van der Waals surface area contributed by atoms with E-state index < -0.39 is 10.9 Å².